The molecule has 4 nitrogen and oxygen atoms in total. The summed E-state index contributed by atoms with van der Waals surface area (Å²) < 4.78 is 36.8. The van der Waals surface area contributed by atoms with Crippen molar-refractivity contribution in [3.63, 3.8) is 0 Å². The summed E-state index contributed by atoms with van der Waals surface area (Å²) in [4.78, 5) is 16.1. The number of rotatable bonds is 4. The van der Waals surface area contributed by atoms with Gasteiger partial charge in [0.15, 0.2) is 0 Å². The first-order valence-electron chi connectivity index (χ1n) is 4.90. The van der Waals surface area contributed by atoms with Crippen molar-refractivity contribution < 1.29 is 18.0 Å². The molecule has 2 N–H and O–H groups in total. The fourth-order valence-electron chi connectivity index (χ4n) is 1.30. The van der Waals surface area contributed by atoms with Gasteiger partial charge in [0, 0.05) is 25.5 Å². The standard InChI is InChI=1S/C10H12F3N3O/c11-10(12,13)7-16(5-3-14)9(17)8-2-1-4-15-6-8/h1-2,4,6H,3,5,7,14H2. The molecule has 0 aromatic carbocycles. The second-order valence-corrected chi connectivity index (χ2v) is 3.37. The predicted molar refractivity (Wildman–Crippen MR) is 55.2 cm³/mol. The summed E-state index contributed by atoms with van der Waals surface area (Å²) in [6.07, 6.45) is -1.77. The normalized spacial score (nSPS) is 11.3. The number of hydrogen-bond acceptors (Lipinski definition) is 3. The van der Waals surface area contributed by atoms with Gasteiger partial charge < -0.3 is 10.6 Å². The lowest BCUT2D eigenvalue weighted by molar-refractivity contribution is -0.140. The highest BCUT2D eigenvalue weighted by molar-refractivity contribution is 5.93. The molecule has 0 aliphatic heterocycles. The molecule has 0 bridgehead atoms. The van der Waals surface area contributed by atoms with Crippen molar-refractivity contribution in [2.24, 2.45) is 5.73 Å². The van der Waals surface area contributed by atoms with Crippen LogP contribution in [0.15, 0.2) is 24.5 Å². The van der Waals surface area contributed by atoms with E-state index in [0.29, 0.717) is 4.90 Å². The summed E-state index contributed by atoms with van der Waals surface area (Å²) >= 11 is 0. The molecule has 0 atom stereocenters. The van der Waals surface area contributed by atoms with E-state index in [1.807, 2.05) is 0 Å². The smallest absolute Gasteiger partial charge is 0.329 e. The molecule has 7 heteroatoms. The zero-order valence-corrected chi connectivity index (χ0v) is 8.94. The molecule has 0 fully saturated rings. The van der Waals surface area contributed by atoms with Gasteiger partial charge in [0.25, 0.3) is 5.91 Å². The number of hydrogen-bond donors (Lipinski definition) is 1. The summed E-state index contributed by atoms with van der Waals surface area (Å²) in [5.74, 6) is -0.721. The maximum atomic E-state index is 12.3. The maximum absolute atomic E-state index is 12.3. The number of alkyl halides is 3. The molecular weight excluding hydrogens is 235 g/mol. The number of nitrogens with two attached hydrogens (primary N) is 1. The Bertz CT molecular complexity index is 367. The number of carbonyl (C=O) groups is 1. The van der Waals surface area contributed by atoms with Gasteiger partial charge in [-0.2, -0.15) is 13.2 Å². The van der Waals surface area contributed by atoms with Gasteiger partial charge in [0.1, 0.15) is 6.54 Å². The minimum atomic E-state index is -4.44. The molecular formula is C10H12F3N3O. The number of aromatic nitrogens is 1. The van der Waals surface area contributed by atoms with Crippen LogP contribution in [0.3, 0.4) is 0 Å². The second kappa shape index (κ2) is 5.62. The predicted octanol–water partition coefficient (Wildman–Crippen LogP) is 1.04. The minimum absolute atomic E-state index is 0.0257. The van der Waals surface area contributed by atoms with E-state index in [-0.39, 0.29) is 18.7 Å². The van der Waals surface area contributed by atoms with E-state index in [2.05, 4.69) is 4.98 Å². The monoisotopic (exact) mass is 247 g/mol. The van der Waals surface area contributed by atoms with Crippen molar-refractivity contribution in [2.75, 3.05) is 19.6 Å². The van der Waals surface area contributed by atoms with Crippen LogP contribution >= 0.6 is 0 Å². The van der Waals surface area contributed by atoms with E-state index >= 15 is 0 Å². The topological polar surface area (TPSA) is 59.2 Å². The van der Waals surface area contributed by atoms with E-state index in [0.717, 1.165) is 0 Å². The lowest BCUT2D eigenvalue weighted by Crippen LogP contribution is -2.41. The molecule has 1 amide bonds. The molecule has 0 spiro atoms. The first-order valence-corrected chi connectivity index (χ1v) is 4.90. The summed E-state index contributed by atoms with van der Waals surface area (Å²) in [7, 11) is 0. The third-order valence-corrected chi connectivity index (χ3v) is 1.96. The molecule has 0 saturated carbocycles. The number of halogens is 3. The number of amides is 1. The van der Waals surface area contributed by atoms with Crippen molar-refractivity contribution in [1.29, 1.82) is 0 Å². The van der Waals surface area contributed by atoms with Gasteiger partial charge >= 0.3 is 6.18 Å². The van der Waals surface area contributed by atoms with Crippen molar-refractivity contribution in [3.8, 4) is 0 Å². The first-order chi connectivity index (χ1) is 7.94. The van der Waals surface area contributed by atoms with Crippen LogP contribution in [-0.4, -0.2) is 41.6 Å². The van der Waals surface area contributed by atoms with Gasteiger partial charge in [-0.25, -0.2) is 0 Å². The molecule has 0 unspecified atom stereocenters. The molecule has 1 aromatic rings. The van der Waals surface area contributed by atoms with Crippen LogP contribution in [0.25, 0.3) is 0 Å². The van der Waals surface area contributed by atoms with Gasteiger partial charge in [-0.05, 0) is 12.1 Å². The van der Waals surface area contributed by atoms with Crippen LogP contribution in [0.2, 0.25) is 0 Å². The molecule has 1 heterocycles. The summed E-state index contributed by atoms with van der Waals surface area (Å²) in [5, 5.41) is 0. The lowest BCUT2D eigenvalue weighted by Gasteiger charge is -2.23. The fraction of sp³-hybridized carbons (Fsp3) is 0.400. The van der Waals surface area contributed by atoms with Crippen molar-refractivity contribution in [1.82, 2.24) is 9.88 Å². The Morgan fingerprint density at radius 2 is 2.18 bits per heavy atom. The van der Waals surface area contributed by atoms with E-state index in [1.165, 1.54) is 24.5 Å². The average molecular weight is 247 g/mol. The third kappa shape index (κ3) is 4.39. The number of nitrogens with zero attached hydrogens (tertiary/aromatic N) is 2. The largest absolute Gasteiger partial charge is 0.406 e. The lowest BCUT2D eigenvalue weighted by atomic mass is 10.2. The second-order valence-electron chi connectivity index (χ2n) is 3.37. The highest BCUT2D eigenvalue weighted by Crippen LogP contribution is 2.17. The van der Waals surface area contributed by atoms with Crippen LogP contribution in [-0.2, 0) is 0 Å². The molecule has 1 aromatic heterocycles. The van der Waals surface area contributed by atoms with Crippen LogP contribution in [0.4, 0.5) is 13.2 Å². The first kappa shape index (κ1) is 13.4. The van der Waals surface area contributed by atoms with Crippen LogP contribution < -0.4 is 5.73 Å². The zero-order chi connectivity index (χ0) is 12.9. The Morgan fingerprint density at radius 3 is 2.65 bits per heavy atom. The van der Waals surface area contributed by atoms with Gasteiger partial charge in [-0.3, -0.25) is 9.78 Å². The van der Waals surface area contributed by atoms with Crippen LogP contribution in [0, 0.1) is 0 Å². The Hall–Kier alpha value is -1.63. The van der Waals surface area contributed by atoms with E-state index in [4.69, 9.17) is 5.73 Å². The minimum Gasteiger partial charge on any atom is -0.329 e. The quantitative estimate of drug-likeness (QED) is 0.865. The van der Waals surface area contributed by atoms with Crippen molar-refractivity contribution >= 4 is 5.91 Å². The summed E-state index contributed by atoms with van der Waals surface area (Å²) in [6, 6.07) is 2.90. The molecule has 0 saturated heterocycles. The third-order valence-electron chi connectivity index (χ3n) is 1.96. The molecule has 94 valence electrons. The molecule has 0 aliphatic rings. The number of carbonyl (C=O) groups excluding carboxylic acids is 1. The molecule has 0 aliphatic carbocycles. The highest BCUT2D eigenvalue weighted by Gasteiger charge is 2.33. The average Bonchev–Trinajstić information content (AvgIpc) is 2.27. The van der Waals surface area contributed by atoms with E-state index in [9.17, 15) is 18.0 Å². The summed E-state index contributed by atoms with van der Waals surface area (Å²) in [5.41, 5.74) is 5.30. The molecule has 17 heavy (non-hydrogen) atoms. The molecule has 1 rings (SSSR count). The van der Waals surface area contributed by atoms with E-state index in [1.54, 1.807) is 0 Å². The Kier molecular flexibility index (Phi) is 4.45. The zero-order valence-electron chi connectivity index (χ0n) is 8.94. The van der Waals surface area contributed by atoms with Gasteiger partial charge in [-0.15, -0.1) is 0 Å². The highest BCUT2D eigenvalue weighted by atomic mass is 19.4. The Labute approximate surface area is 96.2 Å². The van der Waals surface area contributed by atoms with E-state index < -0.39 is 18.6 Å². The Morgan fingerprint density at radius 1 is 1.47 bits per heavy atom. The van der Waals surface area contributed by atoms with Gasteiger partial charge in [0.05, 0.1) is 5.56 Å². The van der Waals surface area contributed by atoms with Crippen molar-refractivity contribution in [3.05, 3.63) is 30.1 Å². The van der Waals surface area contributed by atoms with Crippen molar-refractivity contribution in [2.45, 2.75) is 6.18 Å². The van der Waals surface area contributed by atoms with Crippen LogP contribution in [0.5, 0.6) is 0 Å². The van der Waals surface area contributed by atoms with Crippen LogP contribution in [0.1, 0.15) is 10.4 Å². The van der Waals surface area contributed by atoms with Gasteiger partial charge in [-0.1, -0.05) is 0 Å². The SMILES string of the molecule is NCCN(CC(F)(F)F)C(=O)c1cccnc1. The Balaban J connectivity index is 2.81. The number of pyridine rings is 1. The fourth-order valence-corrected chi connectivity index (χ4v) is 1.30. The molecule has 0 radical (unpaired) electrons. The maximum Gasteiger partial charge on any atom is 0.406 e. The summed E-state index contributed by atoms with van der Waals surface area (Å²) in [6.45, 7) is -1.48. The van der Waals surface area contributed by atoms with Gasteiger partial charge in [0.2, 0.25) is 0 Å².